The molecule has 6 heteroatoms. The van der Waals surface area contributed by atoms with Crippen molar-refractivity contribution >= 4 is 28.1 Å². The van der Waals surface area contributed by atoms with Gasteiger partial charge >= 0.3 is 5.97 Å². The SMILES string of the molecule is COC(=O)c1cc(N2CC(CCN[C@H](C)c3cccc4ccccc34)Oc3ccccc32)ccc1F. The minimum absolute atomic E-state index is 0.0823. The van der Waals surface area contributed by atoms with Crippen molar-refractivity contribution in [2.75, 3.05) is 25.1 Å². The van der Waals surface area contributed by atoms with Crippen LogP contribution in [0.5, 0.6) is 5.75 Å². The minimum atomic E-state index is -0.695. The molecule has 1 N–H and O–H groups in total. The fourth-order valence-electron chi connectivity index (χ4n) is 4.84. The first-order valence-corrected chi connectivity index (χ1v) is 12.2. The molecule has 0 saturated heterocycles. The number of esters is 1. The molecule has 0 saturated carbocycles. The first-order valence-electron chi connectivity index (χ1n) is 12.2. The van der Waals surface area contributed by atoms with Crippen LogP contribution in [0.15, 0.2) is 84.9 Å². The third-order valence-corrected chi connectivity index (χ3v) is 6.71. The van der Waals surface area contributed by atoms with Crippen LogP contribution in [0.4, 0.5) is 15.8 Å². The Balaban J connectivity index is 1.32. The molecule has 36 heavy (non-hydrogen) atoms. The predicted molar refractivity (Wildman–Crippen MR) is 141 cm³/mol. The smallest absolute Gasteiger partial charge is 0.340 e. The van der Waals surface area contributed by atoms with E-state index in [4.69, 9.17) is 9.47 Å². The second kappa shape index (κ2) is 10.4. The van der Waals surface area contributed by atoms with Gasteiger partial charge in [-0.15, -0.1) is 0 Å². The number of fused-ring (bicyclic) bond motifs is 2. The van der Waals surface area contributed by atoms with Gasteiger partial charge in [0.05, 0.1) is 24.9 Å². The van der Waals surface area contributed by atoms with Crippen LogP contribution in [0.25, 0.3) is 10.8 Å². The molecule has 0 aromatic heterocycles. The van der Waals surface area contributed by atoms with Gasteiger partial charge in [-0.3, -0.25) is 0 Å². The monoisotopic (exact) mass is 484 g/mol. The van der Waals surface area contributed by atoms with E-state index in [1.165, 1.54) is 29.5 Å². The molecule has 2 atom stereocenters. The van der Waals surface area contributed by atoms with Gasteiger partial charge in [0.2, 0.25) is 0 Å². The Labute approximate surface area is 210 Å². The average Bonchev–Trinajstić information content (AvgIpc) is 2.92. The highest BCUT2D eigenvalue weighted by atomic mass is 19.1. The Morgan fingerprint density at radius 3 is 2.72 bits per heavy atom. The zero-order valence-corrected chi connectivity index (χ0v) is 20.4. The number of nitrogens with one attached hydrogen (secondary N) is 1. The van der Waals surface area contributed by atoms with E-state index >= 15 is 0 Å². The quantitative estimate of drug-likeness (QED) is 0.308. The third kappa shape index (κ3) is 4.77. The number of rotatable bonds is 7. The minimum Gasteiger partial charge on any atom is -0.486 e. The second-order valence-corrected chi connectivity index (χ2v) is 9.01. The lowest BCUT2D eigenvalue weighted by molar-refractivity contribution is 0.0595. The van der Waals surface area contributed by atoms with E-state index in [1.54, 1.807) is 12.1 Å². The molecule has 0 spiro atoms. The number of carbonyl (C=O) groups excluding carboxylic acids is 1. The van der Waals surface area contributed by atoms with Gasteiger partial charge in [0, 0.05) is 11.7 Å². The summed E-state index contributed by atoms with van der Waals surface area (Å²) >= 11 is 0. The van der Waals surface area contributed by atoms with Crippen LogP contribution >= 0.6 is 0 Å². The highest BCUT2D eigenvalue weighted by Crippen LogP contribution is 2.39. The molecule has 1 unspecified atom stereocenters. The van der Waals surface area contributed by atoms with Gasteiger partial charge in [0.15, 0.2) is 0 Å². The molecule has 1 heterocycles. The molecule has 5 rings (SSSR count). The largest absolute Gasteiger partial charge is 0.486 e. The van der Waals surface area contributed by atoms with Crippen LogP contribution in [0.3, 0.4) is 0 Å². The summed E-state index contributed by atoms with van der Waals surface area (Å²) in [5.74, 6) is -0.533. The van der Waals surface area contributed by atoms with E-state index in [-0.39, 0.29) is 17.7 Å². The van der Waals surface area contributed by atoms with Crippen molar-refractivity contribution in [3.63, 3.8) is 0 Å². The lowest BCUT2D eigenvalue weighted by Gasteiger charge is -2.36. The first-order chi connectivity index (χ1) is 17.5. The van der Waals surface area contributed by atoms with Crippen molar-refractivity contribution in [1.29, 1.82) is 0 Å². The van der Waals surface area contributed by atoms with Crippen molar-refractivity contribution in [1.82, 2.24) is 5.32 Å². The maximum atomic E-state index is 14.3. The van der Waals surface area contributed by atoms with Crippen LogP contribution in [-0.2, 0) is 4.74 Å². The molecular weight excluding hydrogens is 455 g/mol. The Morgan fingerprint density at radius 1 is 1.08 bits per heavy atom. The molecule has 0 radical (unpaired) electrons. The van der Waals surface area contributed by atoms with E-state index in [2.05, 4.69) is 59.6 Å². The predicted octanol–water partition coefficient (Wildman–Crippen LogP) is 6.41. The number of hydrogen-bond acceptors (Lipinski definition) is 5. The number of halogens is 1. The van der Waals surface area contributed by atoms with Crippen LogP contribution in [0.1, 0.15) is 35.3 Å². The Morgan fingerprint density at radius 2 is 1.86 bits per heavy atom. The van der Waals surface area contributed by atoms with Crippen molar-refractivity contribution in [3.8, 4) is 5.75 Å². The topological polar surface area (TPSA) is 50.8 Å². The number of para-hydroxylation sites is 2. The molecule has 184 valence electrons. The number of carbonyl (C=O) groups is 1. The molecule has 4 aromatic rings. The van der Waals surface area contributed by atoms with Gasteiger partial charge in [0.25, 0.3) is 0 Å². The van der Waals surface area contributed by atoms with Gasteiger partial charge in [-0.05, 0) is 66.6 Å². The summed E-state index contributed by atoms with van der Waals surface area (Å²) in [5.41, 5.74) is 2.79. The standard InChI is InChI=1S/C30H29FN2O3/c1-20(24-11-7-9-21-8-3-4-10-25(21)24)32-17-16-23-19-33(28-12-5-6-13-29(28)36-23)22-14-15-27(31)26(18-22)30(34)35-2/h3-15,18,20,23,32H,16-17,19H2,1-2H3/t20-,23?/m1/s1. The normalized spacial score (nSPS) is 15.8. The zero-order valence-electron chi connectivity index (χ0n) is 20.4. The molecule has 0 aliphatic carbocycles. The molecular formula is C30H29FN2O3. The number of anilines is 2. The van der Waals surface area contributed by atoms with E-state index in [1.807, 2.05) is 24.3 Å². The second-order valence-electron chi connectivity index (χ2n) is 9.01. The molecule has 0 fully saturated rings. The summed E-state index contributed by atoms with van der Waals surface area (Å²) in [7, 11) is 1.25. The van der Waals surface area contributed by atoms with Crippen LogP contribution in [0, 0.1) is 5.82 Å². The van der Waals surface area contributed by atoms with Crippen molar-refractivity contribution in [3.05, 3.63) is 102 Å². The number of benzene rings is 4. The summed E-state index contributed by atoms with van der Waals surface area (Å²) in [4.78, 5) is 14.1. The summed E-state index contributed by atoms with van der Waals surface area (Å²) in [6, 6.07) is 27.3. The number of methoxy groups -OCH3 is 1. The van der Waals surface area contributed by atoms with Gasteiger partial charge < -0.3 is 19.7 Å². The number of ether oxygens (including phenoxy) is 2. The van der Waals surface area contributed by atoms with Gasteiger partial charge in [0.1, 0.15) is 17.7 Å². The Bertz CT molecular complexity index is 1380. The van der Waals surface area contributed by atoms with Gasteiger partial charge in [-0.1, -0.05) is 54.6 Å². The Kier molecular flexibility index (Phi) is 6.87. The molecule has 1 aliphatic rings. The van der Waals surface area contributed by atoms with E-state index in [0.717, 1.165) is 30.1 Å². The van der Waals surface area contributed by atoms with E-state index in [0.29, 0.717) is 6.54 Å². The summed E-state index contributed by atoms with van der Waals surface area (Å²) in [6.45, 7) is 3.52. The summed E-state index contributed by atoms with van der Waals surface area (Å²) in [6.07, 6.45) is 0.698. The van der Waals surface area contributed by atoms with Crippen molar-refractivity contribution in [2.24, 2.45) is 0 Å². The number of nitrogens with zero attached hydrogens (tertiary/aromatic N) is 1. The lowest BCUT2D eigenvalue weighted by atomic mass is 9.99. The highest BCUT2D eigenvalue weighted by Gasteiger charge is 2.27. The highest BCUT2D eigenvalue weighted by molar-refractivity contribution is 5.91. The van der Waals surface area contributed by atoms with Crippen molar-refractivity contribution in [2.45, 2.75) is 25.5 Å². The first kappa shape index (κ1) is 23.8. The molecule has 0 bridgehead atoms. The van der Waals surface area contributed by atoms with Crippen molar-refractivity contribution < 1.29 is 18.7 Å². The van der Waals surface area contributed by atoms with Crippen LogP contribution in [-0.4, -0.2) is 32.3 Å². The summed E-state index contributed by atoms with van der Waals surface area (Å²) < 4.78 is 25.3. The maximum absolute atomic E-state index is 14.3. The molecule has 0 amide bonds. The summed E-state index contributed by atoms with van der Waals surface area (Å²) in [5, 5.41) is 6.14. The third-order valence-electron chi connectivity index (χ3n) is 6.71. The fourth-order valence-corrected chi connectivity index (χ4v) is 4.84. The maximum Gasteiger partial charge on any atom is 0.340 e. The molecule has 1 aliphatic heterocycles. The Hall–Kier alpha value is -3.90. The van der Waals surface area contributed by atoms with E-state index in [9.17, 15) is 9.18 Å². The van der Waals surface area contributed by atoms with E-state index < -0.39 is 11.8 Å². The lowest BCUT2D eigenvalue weighted by Crippen LogP contribution is -2.39. The average molecular weight is 485 g/mol. The number of hydrogen-bond donors (Lipinski definition) is 1. The zero-order chi connectivity index (χ0) is 25.1. The van der Waals surface area contributed by atoms with Crippen LogP contribution < -0.4 is 15.0 Å². The fraction of sp³-hybridized carbons (Fsp3) is 0.233. The van der Waals surface area contributed by atoms with Gasteiger partial charge in [-0.2, -0.15) is 0 Å². The molecule has 5 nitrogen and oxygen atoms in total. The van der Waals surface area contributed by atoms with Gasteiger partial charge in [-0.25, -0.2) is 9.18 Å². The molecule has 4 aromatic carbocycles. The van der Waals surface area contributed by atoms with Crippen LogP contribution in [0.2, 0.25) is 0 Å².